The number of halogens is 1. The first kappa shape index (κ1) is 12.9. The van der Waals surface area contributed by atoms with Crippen LogP contribution in [0.25, 0.3) is 0 Å². The van der Waals surface area contributed by atoms with Gasteiger partial charge in [0.1, 0.15) is 4.47 Å². The lowest BCUT2D eigenvalue weighted by Crippen LogP contribution is -2.33. The topological polar surface area (TPSA) is 147 Å². The van der Waals surface area contributed by atoms with Gasteiger partial charge in [0.15, 0.2) is 5.69 Å². The Morgan fingerprint density at radius 2 is 1.74 bits per heavy atom. The maximum Gasteiger partial charge on any atom is 0.374 e. The predicted octanol–water partition coefficient (Wildman–Crippen LogP) is 0.980. The number of carbonyl (C=O) groups is 2. The summed E-state index contributed by atoms with van der Waals surface area (Å²) in [6.45, 7) is 0. The number of amides is 2. The Balaban J connectivity index is 2.80. The second-order valence-electron chi connectivity index (χ2n) is 3.34. The number of nitrogens with one attached hydrogen (secondary N) is 1. The van der Waals surface area contributed by atoms with Crippen LogP contribution >= 0.6 is 15.9 Å². The smallest absolute Gasteiger partial charge is 0.316 e. The molecular formula is C8H2BrN4O6. The zero-order valence-corrected chi connectivity index (χ0v) is 10.3. The van der Waals surface area contributed by atoms with Gasteiger partial charge in [-0.25, -0.2) is 0 Å². The minimum atomic E-state index is -1.26. The number of carbonyl (C=O) groups excluding carboxylic acids is 2. The highest BCUT2D eigenvalue weighted by Crippen LogP contribution is 2.46. The molecule has 1 heterocycles. The van der Waals surface area contributed by atoms with E-state index in [-0.39, 0.29) is 10.2 Å². The van der Waals surface area contributed by atoms with Crippen LogP contribution in [0.3, 0.4) is 0 Å². The fourth-order valence-electron chi connectivity index (χ4n) is 1.50. The van der Waals surface area contributed by atoms with Gasteiger partial charge in [-0.3, -0.25) is 29.8 Å². The first-order valence-corrected chi connectivity index (χ1v) is 5.34. The van der Waals surface area contributed by atoms with Gasteiger partial charge in [0, 0.05) is 0 Å². The molecule has 0 aromatic heterocycles. The van der Waals surface area contributed by atoms with Crippen LogP contribution < -0.4 is 10.6 Å². The lowest BCUT2D eigenvalue weighted by Gasteiger charge is -2.15. The molecule has 0 saturated heterocycles. The molecule has 1 radical (unpaired) electrons. The van der Waals surface area contributed by atoms with E-state index in [1.807, 2.05) is 0 Å². The highest BCUT2D eigenvalue weighted by molar-refractivity contribution is 9.10. The van der Waals surface area contributed by atoms with Gasteiger partial charge < -0.3 is 5.32 Å². The molecule has 0 bridgehead atoms. The van der Waals surface area contributed by atoms with Crippen LogP contribution in [0.15, 0.2) is 10.5 Å². The van der Waals surface area contributed by atoms with Crippen LogP contribution in [-0.4, -0.2) is 21.7 Å². The molecule has 0 aliphatic carbocycles. The molecule has 11 heteroatoms. The third kappa shape index (κ3) is 1.99. The van der Waals surface area contributed by atoms with E-state index in [0.717, 1.165) is 6.07 Å². The van der Waals surface area contributed by atoms with Crippen molar-refractivity contribution in [3.63, 3.8) is 0 Å². The molecule has 1 aliphatic heterocycles. The number of nitro groups is 2. The van der Waals surface area contributed by atoms with E-state index in [1.54, 1.807) is 0 Å². The maximum absolute atomic E-state index is 11.1. The SMILES string of the molecule is O=C1[N]c2c(cc(Br)c([N+](=O)[O-])c2[N+](=O)[O-])NC1=O. The van der Waals surface area contributed by atoms with E-state index in [1.165, 1.54) is 0 Å². The Morgan fingerprint density at radius 3 is 2.26 bits per heavy atom. The van der Waals surface area contributed by atoms with Gasteiger partial charge in [-0.05, 0) is 22.0 Å². The van der Waals surface area contributed by atoms with Crippen molar-refractivity contribution < 1.29 is 19.4 Å². The van der Waals surface area contributed by atoms with Crippen molar-refractivity contribution >= 4 is 50.5 Å². The zero-order chi connectivity index (χ0) is 14.3. The number of nitro benzene ring substituents is 2. The molecule has 1 aliphatic rings. The highest BCUT2D eigenvalue weighted by atomic mass is 79.9. The first-order valence-electron chi connectivity index (χ1n) is 4.55. The third-order valence-electron chi connectivity index (χ3n) is 2.22. The van der Waals surface area contributed by atoms with Gasteiger partial charge in [-0.1, -0.05) is 0 Å². The minimum absolute atomic E-state index is 0.145. The number of rotatable bonds is 2. The van der Waals surface area contributed by atoms with Crippen molar-refractivity contribution in [2.75, 3.05) is 5.32 Å². The van der Waals surface area contributed by atoms with Gasteiger partial charge in [-0.2, -0.15) is 5.32 Å². The molecule has 0 atom stereocenters. The normalized spacial score (nSPS) is 13.3. The molecule has 0 saturated carbocycles. The standard InChI is InChI=1S/C8H2BrN4O6/c9-2-1-3-4(11-8(15)7(14)10-3)6(13(18)19)5(2)12(16)17/h1H,(H,10,14). The van der Waals surface area contributed by atoms with Crippen molar-refractivity contribution in [2.45, 2.75) is 0 Å². The van der Waals surface area contributed by atoms with Crippen molar-refractivity contribution in [3.05, 3.63) is 30.8 Å². The lowest BCUT2D eigenvalue weighted by molar-refractivity contribution is -0.422. The number of fused-ring (bicyclic) bond motifs is 1. The van der Waals surface area contributed by atoms with Crippen LogP contribution in [0.1, 0.15) is 0 Å². The van der Waals surface area contributed by atoms with Crippen molar-refractivity contribution in [1.82, 2.24) is 5.32 Å². The highest BCUT2D eigenvalue weighted by Gasteiger charge is 2.39. The largest absolute Gasteiger partial charge is 0.374 e. The van der Waals surface area contributed by atoms with Gasteiger partial charge in [0.2, 0.25) is 0 Å². The summed E-state index contributed by atoms with van der Waals surface area (Å²) in [5.74, 6) is -2.32. The second-order valence-corrected chi connectivity index (χ2v) is 4.19. The fourth-order valence-corrected chi connectivity index (χ4v) is 2.06. The summed E-state index contributed by atoms with van der Waals surface area (Å²) >= 11 is 2.81. The van der Waals surface area contributed by atoms with E-state index in [2.05, 4.69) is 26.6 Å². The van der Waals surface area contributed by atoms with Crippen LogP contribution in [0.4, 0.5) is 22.7 Å². The molecule has 2 amide bonds. The monoisotopic (exact) mass is 329 g/mol. The molecule has 2 rings (SSSR count). The summed E-state index contributed by atoms with van der Waals surface area (Å²) in [4.78, 5) is 42.0. The Bertz CT molecular complexity index is 657. The van der Waals surface area contributed by atoms with E-state index in [0.29, 0.717) is 0 Å². The van der Waals surface area contributed by atoms with Gasteiger partial charge in [0.25, 0.3) is 0 Å². The Labute approximate surface area is 112 Å². The molecule has 10 nitrogen and oxygen atoms in total. The number of benzene rings is 1. The quantitative estimate of drug-likeness (QED) is 0.486. The van der Waals surface area contributed by atoms with Gasteiger partial charge >= 0.3 is 23.2 Å². The molecule has 0 fully saturated rings. The van der Waals surface area contributed by atoms with Crippen molar-refractivity contribution in [3.8, 4) is 0 Å². The molecule has 1 aromatic rings. The Kier molecular flexibility index (Phi) is 2.90. The van der Waals surface area contributed by atoms with E-state index in [9.17, 15) is 29.8 Å². The Hall–Kier alpha value is -2.56. The van der Waals surface area contributed by atoms with Crippen LogP contribution in [0, 0.1) is 20.2 Å². The molecular weight excluding hydrogens is 328 g/mol. The van der Waals surface area contributed by atoms with Crippen LogP contribution in [0.5, 0.6) is 0 Å². The first-order chi connectivity index (χ1) is 8.82. The van der Waals surface area contributed by atoms with E-state index < -0.39 is 38.7 Å². The average Bonchev–Trinajstić information content (AvgIpc) is 2.29. The molecule has 1 aromatic carbocycles. The van der Waals surface area contributed by atoms with Crippen LogP contribution in [0.2, 0.25) is 0 Å². The molecule has 97 valence electrons. The van der Waals surface area contributed by atoms with E-state index in [4.69, 9.17) is 0 Å². The summed E-state index contributed by atoms with van der Waals surface area (Å²) in [6, 6.07) is 1.08. The second kappa shape index (κ2) is 4.28. The summed E-state index contributed by atoms with van der Waals surface area (Å²) < 4.78 is -0.201. The number of anilines is 1. The minimum Gasteiger partial charge on any atom is -0.316 e. The van der Waals surface area contributed by atoms with Gasteiger partial charge in [-0.15, -0.1) is 0 Å². The fraction of sp³-hybridized carbons (Fsp3) is 0. The van der Waals surface area contributed by atoms with Gasteiger partial charge in [0.05, 0.1) is 15.5 Å². The number of hydrogen-bond acceptors (Lipinski definition) is 6. The summed E-state index contributed by atoms with van der Waals surface area (Å²) in [5.41, 5.74) is -2.47. The van der Waals surface area contributed by atoms with Crippen molar-refractivity contribution in [1.29, 1.82) is 0 Å². The van der Waals surface area contributed by atoms with E-state index >= 15 is 0 Å². The molecule has 1 N–H and O–H groups in total. The number of hydrogen-bond donors (Lipinski definition) is 1. The molecule has 0 unspecified atom stereocenters. The Morgan fingerprint density at radius 1 is 1.16 bits per heavy atom. The molecule has 0 spiro atoms. The zero-order valence-electron chi connectivity index (χ0n) is 8.75. The third-order valence-corrected chi connectivity index (χ3v) is 2.83. The summed E-state index contributed by atoms with van der Waals surface area (Å²) in [6.07, 6.45) is 0. The number of nitrogens with zero attached hydrogens (tertiary/aromatic N) is 3. The lowest BCUT2D eigenvalue weighted by atomic mass is 10.1. The van der Waals surface area contributed by atoms with Crippen LogP contribution in [-0.2, 0) is 9.59 Å². The summed E-state index contributed by atoms with van der Waals surface area (Å²) in [5, 5.41) is 27.1. The maximum atomic E-state index is 11.1. The summed E-state index contributed by atoms with van der Waals surface area (Å²) in [7, 11) is 0. The van der Waals surface area contributed by atoms with Crippen molar-refractivity contribution in [2.24, 2.45) is 0 Å². The predicted molar refractivity (Wildman–Crippen MR) is 62.9 cm³/mol. The average molecular weight is 330 g/mol. The molecule has 19 heavy (non-hydrogen) atoms.